The molecule has 0 bridgehead atoms. The van der Waals surface area contributed by atoms with Gasteiger partial charge < -0.3 is 0 Å². The van der Waals surface area contributed by atoms with Gasteiger partial charge in [0.1, 0.15) is 0 Å². The van der Waals surface area contributed by atoms with E-state index in [0.29, 0.717) is 0 Å². The predicted octanol–water partition coefficient (Wildman–Crippen LogP) is 0.664. The number of carbonyl (C=O) groups is 1. The van der Waals surface area contributed by atoms with Crippen LogP contribution >= 0.6 is 11.6 Å². The van der Waals surface area contributed by atoms with Crippen LogP contribution in [0.5, 0.6) is 0 Å². The molecule has 4 heteroatoms. The van der Waals surface area contributed by atoms with Crippen molar-refractivity contribution < 1.29 is 29.7 Å². The Labute approximate surface area is 89.2 Å². The average molecular weight is 370 g/mol. The predicted molar refractivity (Wildman–Crippen MR) is 44.9 cm³/mol. The molecule has 0 atom stereocenters. The fraction of sp³-hybridized carbons (Fsp3) is 0.125. The van der Waals surface area contributed by atoms with Crippen molar-refractivity contribution in [3.8, 4) is 0 Å². The molecule has 12 heavy (non-hydrogen) atoms. The summed E-state index contributed by atoms with van der Waals surface area (Å²) in [6, 6.07) is 10.1. The van der Waals surface area contributed by atoms with Crippen LogP contribution in [0.15, 0.2) is 30.3 Å². The van der Waals surface area contributed by atoms with Crippen molar-refractivity contribution in [1.82, 2.24) is 3.08 Å². The fourth-order valence-corrected chi connectivity index (χ4v) is 5.57. The second-order valence-corrected chi connectivity index (χ2v) is 8.59. The Morgan fingerprint density at radius 2 is 2.08 bits per heavy atom. The van der Waals surface area contributed by atoms with Gasteiger partial charge in [-0.15, -0.1) is 0 Å². The molecule has 0 saturated carbocycles. The van der Waals surface area contributed by atoms with E-state index in [9.17, 15) is 4.79 Å². The first-order chi connectivity index (χ1) is 5.83. The SMILES string of the molecule is O=C(CCl)[NH][Hg][c]1ccccc1. The van der Waals surface area contributed by atoms with Gasteiger partial charge in [-0.1, -0.05) is 0 Å². The van der Waals surface area contributed by atoms with Crippen LogP contribution < -0.4 is 6.15 Å². The molecule has 0 radical (unpaired) electrons. The van der Waals surface area contributed by atoms with Crippen molar-refractivity contribution >= 4 is 20.6 Å². The van der Waals surface area contributed by atoms with E-state index in [4.69, 9.17) is 11.6 Å². The molecular formula is C8H8ClHgNO. The summed E-state index contributed by atoms with van der Waals surface area (Å²) in [4.78, 5) is 10.8. The number of benzene rings is 1. The van der Waals surface area contributed by atoms with Gasteiger partial charge in [0.2, 0.25) is 0 Å². The Balaban J connectivity index is 2.38. The number of halogens is 1. The number of hydrogen-bond donors (Lipinski definition) is 1. The maximum absolute atomic E-state index is 10.8. The van der Waals surface area contributed by atoms with E-state index in [1.54, 1.807) is 0 Å². The van der Waals surface area contributed by atoms with E-state index in [0.717, 1.165) is 0 Å². The second-order valence-electron chi connectivity index (χ2n) is 2.40. The standard InChI is InChI=1S/C6H5.C2H4ClNO.Hg/c1-2-4-6-5-3-1;3-1-2(4)5;/h1-5H;1H2,(H2,4,5);/q;;+1/p-1. The maximum atomic E-state index is 10.8. The zero-order valence-corrected chi connectivity index (χ0v) is 12.8. The Morgan fingerprint density at radius 3 is 2.67 bits per heavy atom. The van der Waals surface area contributed by atoms with Crippen LogP contribution in [0.25, 0.3) is 0 Å². The number of nitrogens with one attached hydrogen (secondary N) is 1. The van der Waals surface area contributed by atoms with Gasteiger partial charge in [-0.25, -0.2) is 0 Å². The first-order valence-electron chi connectivity index (χ1n) is 3.69. The monoisotopic (exact) mass is 371 g/mol. The van der Waals surface area contributed by atoms with Crippen LogP contribution in [0.3, 0.4) is 0 Å². The Bertz CT molecular complexity index is 252. The summed E-state index contributed by atoms with van der Waals surface area (Å²) in [6.45, 7) is 0. The van der Waals surface area contributed by atoms with Crippen LogP contribution in [-0.4, -0.2) is 11.8 Å². The van der Waals surface area contributed by atoms with Crippen molar-refractivity contribution in [3.05, 3.63) is 30.3 Å². The third-order valence-electron chi connectivity index (χ3n) is 1.45. The van der Waals surface area contributed by atoms with Crippen molar-refractivity contribution in [2.24, 2.45) is 0 Å². The van der Waals surface area contributed by atoms with E-state index >= 15 is 0 Å². The van der Waals surface area contributed by atoms with Gasteiger partial charge in [-0.2, -0.15) is 0 Å². The minimum absolute atomic E-state index is 0.0396. The van der Waals surface area contributed by atoms with Crippen LogP contribution in [0.1, 0.15) is 0 Å². The third-order valence-corrected chi connectivity index (χ3v) is 7.34. The average Bonchev–Trinajstić information content (AvgIpc) is 2.16. The van der Waals surface area contributed by atoms with E-state index in [2.05, 4.69) is 15.2 Å². The summed E-state index contributed by atoms with van der Waals surface area (Å²) in [7, 11) is 0. The number of carbonyl (C=O) groups excluding carboxylic acids is 1. The molecule has 1 amide bonds. The molecule has 1 rings (SSSR count). The van der Waals surface area contributed by atoms with Gasteiger partial charge >= 0.3 is 89.5 Å². The van der Waals surface area contributed by atoms with Crippen molar-refractivity contribution in [2.45, 2.75) is 0 Å². The Hall–Kier alpha value is -0.0849. The summed E-state index contributed by atoms with van der Waals surface area (Å²) in [5, 5.41) is 0. The molecule has 1 N–H and O–H groups in total. The normalized spacial score (nSPS) is 8.75. The van der Waals surface area contributed by atoms with E-state index in [-0.39, 0.29) is 11.8 Å². The molecule has 0 aliphatic heterocycles. The fourth-order valence-electron chi connectivity index (χ4n) is 0.844. The molecular weight excluding hydrogens is 362 g/mol. The molecule has 0 saturated heterocycles. The first-order valence-corrected chi connectivity index (χ1v) is 9.72. The van der Waals surface area contributed by atoms with Gasteiger partial charge in [0.25, 0.3) is 0 Å². The van der Waals surface area contributed by atoms with Crippen LogP contribution in [0, 0.1) is 0 Å². The Kier molecular flexibility index (Phi) is 4.62. The second kappa shape index (κ2) is 5.54. The van der Waals surface area contributed by atoms with Crippen molar-refractivity contribution in [2.75, 3.05) is 5.88 Å². The Morgan fingerprint density at radius 1 is 1.42 bits per heavy atom. The molecule has 1 aromatic rings. The molecule has 0 spiro atoms. The molecule has 0 aromatic heterocycles. The quantitative estimate of drug-likeness (QED) is 0.615. The van der Waals surface area contributed by atoms with Gasteiger partial charge in [0, 0.05) is 0 Å². The van der Waals surface area contributed by atoms with Gasteiger partial charge in [-0.3, -0.25) is 0 Å². The molecule has 0 heterocycles. The summed E-state index contributed by atoms with van der Waals surface area (Å²) in [5.74, 6) is 0.0366. The molecule has 0 aliphatic rings. The van der Waals surface area contributed by atoms with Gasteiger partial charge in [-0.05, 0) is 0 Å². The number of amides is 1. The summed E-state index contributed by atoms with van der Waals surface area (Å²) in [6.07, 6.45) is 0. The molecule has 0 aliphatic carbocycles. The molecule has 0 fully saturated rings. The molecule has 1 aromatic carbocycles. The van der Waals surface area contributed by atoms with E-state index < -0.39 is 24.9 Å². The van der Waals surface area contributed by atoms with Crippen molar-refractivity contribution in [3.63, 3.8) is 0 Å². The summed E-state index contributed by atoms with van der Waals surface area (Å²) < 4.78 is 4.20. The third kappa shape index (κ3) is 3.54. The molecule has 0 unspecified atom stereocenters. The first kappa shape index (κ1) is 10.00. The zero-order valence-electron chi connectivity index (χ0n) is 6.59. The summed E-state index contributed by atoms with van der Waals surface area (Å²) >= 11 is 3.97. The topological polar surface area (TPSA) is 29.1 Å². The molecule has 60 valence electrons. The van der Waals surface area contributed by atoms with Crippen LogP contribution in [0.4, 0.5) is 0 Å². The van der Waals surface area contributed by atoms with Crippen molar-refractivity contribution in [1.29, 1.82) is 0 Å². The van der Waals surface area contributed by atoms with Gasteiger partial charge in [0.15, 0.2) is 0 Å². The molecule has 2 nitrogen and oxygen atoms in total. The van der Waals surface area contributed by atoms with Gasteiger partial charge in [0.05, 0.1) is 0 Å². The van der Waals surface area contributed by atoms with Crippen LogP contribution in [-0.2, 0) is 29.7 Å². The number of hydrogen-bond acceptors (Lipinski definition) is 1. The van der Waals surface area contributed by atoms with E-state index in [1.807, 2.05) is 18.2 Å². The van der Waals surface area contributed by atoms with E-state index in [1.165, 1.54) is 3.07 Å². The number of rotatable bonds is 3. The number of alkyl halides is 1. The zero-order chi connectivity index (χ0) is 8.81. The minimum atomic E-state index is -1.37. The van der Waals surface area contributed by atoms with Crippen LogP contribution in [0.2, 0.25) is 0 Å². The summed E-state index contributed by atoms with van der Waals surface area (Å²) in [5.41, 5.74) is 0.